The number of rotatable bonds is 1. The van der Waals surface area contributed by atoms with Crippen LogP contribution in [0.1, 0.15) is 26.3 Å². The van der Waals surface area contributed by atoms with E-state index in [0.29, 0.717) is 10.3 Å². The fraction of sp³-hybridized carbons (Fsp3) is 0.400. The van der Waals surface area contributed by atoms with E-state index >= 15 is 0 Å². The molecule has 3 nitrogen and oxygen atoms in total. The van der Waals surface area contributed by atoms with E-state index in [1.165, 1.54) is 11.8 Å². The molecule has 0 bridgehead atoms. The first kappa shape index (κ1) is 14.0. The van der Waals surface area contributed by atoms with Crippen LogP contribution < -0.4 is 5.43 Å². The molecule has 0 saturated heterocycles. The third kappa shape index (κ3) is 2.50. The number of pyridine rings is 1. The fourth-order valence-electron chi connectivity index (χ4n) is 2.12. The van der Waals surface area contributed by atoms with Crippen LogP contribution in [0.4, 0.5) is 0 Å². The molecule has 1 atom stereocenters. The Morgan fingerprint density at radius 2 is 1.84 bits per heavy atom. The Labute approximate surface area is 115 Å². The molecule has 0 amide bonds. The SMILES string of the molecule is Cn1cc(S(C)=O)c(=O)c2ccc(C(C)(C)C)cc21. The second-order valence-electron chi connectivity index (χ2n) is 5.87. The van der Waals surface area contributed by atoms with E-state index in [2.05, 4.69) is 20.8 Å². The van der Waals surface area contributed by atoms with Gasteiger partial charge in [0, 0.05) is 24.9 Å². The molecule has 0 aliphatic rings. The summed E-state index contributed by atoms with van der Waals surface area (Å²) in [5.74, 6) is 0. The van der Waals surface area contributed by atoms with E-state index in [1.54, 1.807) is 6.20 Å². The minimum atomic E-state index is -1.26. The molecule has 0 spiro atoms. The number of hydrogen-bond donors (Lipinski definition) is 0. The Morgan fingerprint density at radius 3 is 2.37 bits per heavy atom. The molecule has 1 heterocycles. The molecule has 0 saturated carbocycles. The van der Waals surface area contributed by atoms with Crippen molar-refractivity contribution in [1.82, 2.24) is 4.57 Å². The molecule has 0 N–H and O–H groups in total. The lowest BCUT2D eigenvalue weighted by atomic mass is 9.86. The molecule has 1 unspecified atom stereocenters. The maximum absolute atomic E-state index is 12.3. The Hall–Kier alpha value is -1.42. The van der Waals surface area contributed by atoms with Crippen molar-refractivity contribution in [3.8, 4) is 0 Å². The van der Waals surface area contributed by atoms with Crippen LogP contribution >= 0.6 is 0 Å². The van der Waals surface area contributed by atoms with Crippen LogP contribution in [-0.2, 0) is 23.3 Å². The summed E-state index contributed by atoms with van der Waals surface area (Å²) in [4.78, 5) is 12.6. The molecular weight excluding hydrogens is 258 g/mol. The van der Waals surface area contributed by atoms with Crippen molar-refractivity contribution in [2.45, 2.75) is 31.1 Å². The first-order valence-corrected chi connectivity index (χ1v) is 7.75. The summed E-state index contributed by atoms with van der Waals surface area (Å²) in [6, 6.07) is 5.86. The van der Waals surface area contributed by atoms with Crippen LogP contribution in [0.15, 0.2) is 34.1 Å². The molecule has 102 valence electrons. The van der Waals surface area contributed by atoms with Crippen LogP contribution in [0, 0.1) is 0 Å². The smallest absolute Gasteiger partial charge is 0.205 e. The maximum Gasteiger partial charge on any atom is 0.205 e. The van der Waals surface area contributed by atoms with E-state index in [-0.39, 0.29) is 10.8 Å². The molecule has 0 fully saturated rings. The standard InChI is InChI=1S/C15H19NO2S/c1-15(2,3)10-6-7-11-12(8-10)16(4)9-13(14(11)17)19(5)18/h6-9H,1-5H3. The van der Waals surface area contributed by atoms with Gasteiger partial charge in [-0.05, 0) is 23.1 Å². The average molecular weight is 277 g/mol. The average Bonchev–Trinajstić information content (AvgIpc) is 2.31. The summed E-state index contributed by atoms with van der Waals surface area (Å²) >= 11 is 0. The highest BCUT2D eigenvalue weighted by Gasteiger charge is 2.16. The predicted molar refractivity (Wildman–Crippen MR) is 80.2 cm³/mol. The Kier molecular flexibility index (Phi) is 3.39. The van der Waals surface area contributed by atoms with Gasteiger partial charge in [0.1, 0.15) is 4.90 Å². The highest BCUT2D eigenvalue weighted by atomic mass is 32.2. The number of fused-ring (bicyclic) bond motifs is 1. The van der Waals surface area contributed by atoms with E-state index < -0.39 is 10.8 Å². The molecule has 0 aliphatic carbocycles. The summed E-state index contributed by atoms with van der Waals surface area (Å²) in [7, 11) is 0.617. The molecule has 2 rings (SSSR count). The largest absolute Gasteiger partial charge is 0.349 e. The number of nitrogens with zero attached hydrogens (tertiary/aromatic N) is 1. The van der Waals surface area contributed by atoms with Crippen LogP contribution in [0.3, 0.4) is 0 Å². The van der Waals surface area contributed by atoms with E-state index in [0.717, 1.165) is 5.52 Å². The summed E-state index contributed by atoms with van der Waals surface area (Å²) in [5, 5.41) is 0.628. The van der Waals surface area contributed by atoms with Crippen molar-refractivity contribution < 1.29 is 4.21 Å². The van der Waals surface area contributed by atoms with Crippen molar-refractivity contribution >= 4 is 21.7 Å². The van der Waals surface area contributed by atoms with Gasteiger partial charge in [-0.3, -0.25) is 9.00 Å². The van der Waals surface area contributed by atoms with E-state index in [1.807, 2.05) is 29.8 Å². The summed E-state index contributed by atoms with van der Waals surface area (Å²) < 4.78 is 13.5. The minimum Gasteiger partial charge on any atom is -0.349 e. The molecule has 1 aromatic carbocycles. The zero-order chi connectivity index (χ0) is 14.4. The predicted octanol–water partition coefficient (Wildman–Crippen LogP) is 2.57. The zero-order valence-electron chi connectivity index (χ0n) is 12.0. The van der Waals surface area contributed by atoms with Gasteiger partial charge in [-0.1, -0.05) is 26.8 Å². The number of aryl methyl sites for hydroxylation is 1. The third-order valence-electron chi connectivity index (χ3n) is 3.33. The van der Waals surface area contributed by atoms with Crippen molar-refractivity contribution in [2.75, 3.05) is 6.26 Å². The monoisotopic (exact) mass is 277 g/mol. The molecule has 0 radical (unpaired) electrons. The summed E-state index contributed by atoms with van der Waals surface area (Å²) in [6.07, 6.45) is 3.21. The van der Waals surface area contributed by atoms with Crippen molar-refractivity contribution in [1.29, 1.82) is 0 Å². The number of benzene rings is 1. The van der Waals surface area contributed by atoms with Crippen molar-refractivity contribution in [3.05, 3.63) is 40.2 Å². The molecule has 2 aromatic rings. The lowest BCUT2D eigenvalue weighted by Crippen LogP contribution is -2.16. The Bertz CT molecular complexity index is 723. The highest BCUT2D eigenvalue weighted by Crippen LogP contribution is 2.25. The van der Waals surface area contributed by atoms with Crippen molar-refractivity contribution in [3.63, 3.8) is 0 Å². The second-order valence-corrected chi connectivity index (χ2v) is 7.22. The second kappa shape index (κ2) is 4.60. The van der Waals surface area contributed by atoms with Crippen LogP contribution in [0.5, 0.6) is 0 Å². The number of aromatic nitrogens is 1. The third-order valence-corrected chi connectivity index (χ3v) is 4.24. The van der Waals surface area contributed by atoms with Gasteiger partial charge in [-0.25, -0.2) is 0 Å². The van der Waals surface area contributed by atoms with Crippen LogP contribution in [-0.4, -0.2) is 15.0 Å². The Morgan fingerprint density at radius 1 is 1.21 bits per heavy atom. The first-order valence-electron chi connectivity index (χ1n) is 6.19. The van der Waals surface area contributed by atoms with Gasteiger partial charge < -0.3 is 4.57 Å². The minimum absolute atomic E-state index is 0.0382. The lowest BCUT2D eigenvalue weighted by molar-refractivity contribution is 0.590. The van der Waals surface area contributed by atoms with Gasteiger partial charge in [0.15, 0.2) is 0 Å². The lowest BCUT2D eigenvalue weighted by Gasteiger charge is -2.20. The zero-order valence-corrected chi connectivity index (χ0v) is 12.8. The molecule has 0 aliphatic heterocycles. The Balaban J connectivity index is 2.84. The quantitative estimate of drug-likeness (QED) is 0.803. The van der Waals surface area contributed by atoms with E-state index in [4.69, 9.17) is 0 Å². The number of hydrogen-bond acceptors (Lipinski definition) is 2. The van der Waals surface area contributed by atoms with Gasteiger partial charge in [-0.15, -0.1) is 0 Å². The molecular formula is C15H19NO2S. The maximum atomic E-state index is 12.3. The van der Waals surface area contributed by atoms with Crippen LogP contribution in [0.2, 0.25) is 0 Å². The van der Waals surface area contributed by atoms with Gasteiger partial charge in [0.25, 0.3) is 0 Å². The summed E-state index contributed by atoms with van der Waals surface area (Å²) in [6.45, 7) is 6.42. The van der Waals surface area contributed by atoms with Gasteiger partial charge in [0.2, 0.25) is 5.43 Å². The van der Waals surface area contributed by atoms with Crippen LogP contribution in [0.25, 0.3) is 10.9 Å². The van der Waals surface area contributed by atoms with Crippen molar-refractivity contribution in [2.24, 2.45) is 7.05 Å². The molecule has 1 aromatic heterocycles. The van der Waals surface area contributed by atoms with Gasteiger partial charge >= 0.3 is 0 Å². The highest BCUT2D eigenvalue weighted by molar-refractivity contribution is 7.84. The van der Waals surface area contributed by atoms with Gasteiger partial charge in [0.05, 0.1) is 16.3 Å². The first-order chi connectivity index (χ1) is 8.71. The molecule has 19 heavy (non-hydrogen) atoms. The van der Waals surface area contributed by atoms with Gasteiger partial charge in [-0.2, -0.15) is 0 Å². The fourth-order valence-corrected chi connectivity index (χ4v) is 2.80. The topological polar surface area (TPSA) is 39.1 Å². The summed E-state index contributed by atoms with van der Waals surface area (Å²) in [5.41, 5.74) is 1.97. The molecule has 4 heteroatoms. The normalized spacial score (nSPS) is 13.7. The van der Waals surface area contributed by atoms with E-state index in [9.17, 15) is 9.00 Å².